The maximum absolute atomic E-state index is 9.45. The van der Waals surface area contributed by atoms with Crippen molar-refractivity contribution in [2.45, 2.75) is 37.9 Å². The molecule has 0 bridgehead atoms. The van der Waals surface area contributed by atoms with Gasteiger partial charge in [-0.25, -0.2) is 0 Å². The Bertz CT molecular complexity index is 434. The van der Waals surface area contributed by atoms with Gasteiger partial charge in [0, 0.05) is 31.7 Å². The molecular weight excluding hydrogens is 292 g/mol. The molecule has 18 heavy (non-hydrogen) atoms. The minimum atomic E-state index is 0.305. The minimum absolute atomic E-state index is 0.305. The first-order chi connectivity index (χ1) is 8.72. The Morgan fingerprint density at radius 2 is 2.17 bits per heavy atom. The molecule has 2 N–H and O–H groups in total. The van der Waals surface area contributed by atoms with Gasteiger partial charge in [-0.1, -0.05) is 6.07 Å². The van der Waals surface area contributed by atoms with Crippen LogP contribution in [0.25, 0.3) is 0 Å². The number of benzene rings is 1. The zero-order valence-corrected chi connectivity index (χ0v) is 12.0. The third-order valence-electron chi connectivity index (χ3n) is 3.89. The van der Waals surface area contributed by atoms with Crippen molar-refractivity contribution >= 4 is 15.9 Å². The van der Waals surface area contributed by atoms with Crippen LogP contribution in [0.5, 0.6) is 5.75 Å². The lowest BCUT2D eigenvalue weighted by Gasteiger charge is -2.16. The number of likely N-dealkylation sites (tertiary alicyclic amines) is 1. The van der Waals surface area contributed by atoms with E-state index in [-0.39, 0.29) is 0 Å². The average molecular weight is 311 g/mol. The molecule has 98 valence electrons. The van der Waals surface area contributed by atoms with Crippen LogP contribution in [-0.2, 0) is 6.54 Å². The van der Waals surface area contributed by atoms with Gasteiger partial charge in [0.1, 0.15) is 5.75 Å². The van der Waals surface area contributed by atoms with Crippen molar-refractivity contribution in [1.29, 1.82) is 0 Å². The summed E-state index contributed by atoms with van der Waals surface area (Å²) in [7, 11) is 0. The number of halogens is 1. The molecule has 0 spiro atoms. The van der Waals surface area contributed by atoms with E-state index in [4.69, 9.17) is 0 Å². The fourth-order valence-electron chi connectivity index (χ4n) is 2.65. The Balaban J connectivity index is 1.50. The summed E-state index contributed by atoms with van der Waals surface area (Å²) in [5.74, 6) is 0.305. The van der Waals surface area contributed by atoms with Gasteiger partial charge in [0.05, 0.1) is 4.47 Å². The van der Waals surface area contributed by atoms with Gasteiger partial charge in [-0.2, -0.15) is 0 Å². The average Bonchev–Trinajstić information content (AvgIpc) is 3.11. The number of nitrogens with one attached hydrogen (secondary N) is 1. The lowest BCUT2D eigenvalue weighted by atomic mass is 10.2. The molecule has 2 fully saturated rings. The molecule has 1 heterocycles. The molecule has 0 aromatic heterocycles. The number of hydrogen-bond donors (Lipinski definition) is 2. The van der Waals surface area contributed by atoms with E-state index in [9.17, 15) is 5.11 Å². The summed E-state index contributed by atoms with van der Waals surface area (Å²) in [6.45, 7) is 3.33. The summed E-state index contributed by atoms with van der Waals surface area (Å²) in [5.41, 5.74) is 1.21. The van der Waals surface area contributed by atoms with Gasteiger partial charge in [-0.3, -0.25) is 4.90 Å². The zero-order valence-electron chi connectivity index (χ0n) is 10.4. The fourth-order valence-corrected chi connectivity index (χ4v) is 3.07. The van der Waals surface area contributed by atoms with Gasteiger partial charge in [-0.15, -0.1) is 0 Å². The number of nitrogens with zero attached hydrogens (tertiary/aromatic N) is 1. The lowest BCUT2D eigenvalue weighted by Crippen LogP contribution is -2.32. The van der Waals surface area contributed by atoms with Gasteiger partial charge in [0.25, 0.3) is 0 Å². The lowest BCUT2D eigenvalue weighted by molar-refractivity contribution is 0.317. The van der Waals surface area contributed by atoms with Crippen LogP contribution in [0.4, 0.5) is 0 Å². The van der Waals surface area contributed by atoms with Crippen LogP contribution >= 0.6 is 15.9 Å². The highest BCUT2D eigenvalue weighted by Crippen LogP contribution is 2.30. The second-order valence-electron chi connectivity index (χ2n) is 5.38. The Morgan fingerprint density at radius 3 is 2.89 bits per heavy atom. The number of aromatic hydroxyl groups is 1. The van der Waals surface area contributed by atoms with Gasteiger partial charge in [0.15, 0.2) is 0 Å². The molecule has 1 aliphatic carbocycles. The second kappa shape index (κ2) is 5.19. The summed E-state index contributed by atoms with van der Waals surface area (Å²) in [6, 6.07) is 7.21. The molecule has 1 aromatic rings. The SMILES string of the molecule is Oc1ccc(CNC2CCN(C3CC3)C2)cc1Br. The van der Waals surface area contributed by atoms with Crippen LogP contribution in [0.1, 0.15) is 24.8 Å². The Morgan fingerprint density at radius 1 is 1.33 bits per heavy atom. The van der Waals surface area contributed by atoms with Crippen molar-refractivity contribution < 1.29 is 5.11 Å². The maximum atomic E-state index is 9.45. The fraction of sp³-hybridized carbons (Fsp3) is 0.571. The monoisotopic (exact) mass is 310 g/mol. The number of rotatable bonds is 4. The van der Waals surface area contributed by atoms with Crippen LogP contribution in [0.15, 0.2) is 22.7 Å². The standard InChI is InChI=1S/C14H19BrN2O/c15-13-7-10(1-4-14(13)18)8-16-11-5-6-17(9-11)12-2-3-12/h1,4,7,11-12,16,18H,2-3,5-6,8-9H2. The topological polar surface area (TPSA) is 35.5 Å². The quantitative estimate of drug-likeness (QED) is 0.897. The molecule has 1 atom stereocenters. The zero-order chi connectivity index (χ0) is 12.5. The van der Waals surface area contributed by atoms with Crippen molar-refractivity contribution in [1.82, 2.24) is 10.2 Å². The van der Waals surface area contributed by atoms with Crippen molar-refractivity contribution in [2.24, 2.45) is 0 Å². The van der Waals surface area contributed by atoms with Crippen LogP contribution in [0, 0.1) is 0 Å². The maximum Gasteiger partial charge on any atom is 0.129 e. The van der Waals surface area contributed by atoms with Crippen LogP contribution in [0.2, 0.25) is 0 Å². The molecule has 1 saturated heterocycles. The highest BCUT2D eigenvalue weighted by atomic mass is 79.9. The summed E-state index contributed by atoms with van der Waals surface area (Å²) in [4.78, 5) is 2.62. The molecular formula is C14H19BrN2O. The molecule has 1 aliphatic heterocycles. The predicted octanol–water partition coefficient (Wildman–Crippen LogP) is 2.48. The number of phenolic OH excluding ortho intramolecular Hbond substituents is 1. The molecule has 4 heteroatoms. The van der Waals surface area contributed by atoms with Gasteiger partial charge < -0.3 is 10.4 Å². The van der Waals surface area contributed by atoms with Crippen molar-refractivity contribution in [3.8, 4) is 5.75 Å². The van der Waals surface area contributed by atoms with E-state index in [0.29, 0.717) is 11.8 Å². The van der Waals surface area contributed by atoms with E-state index in [1.165, 1.54) is 37.9 Å². The van der Waals surface area contributed by atoms with E-state index in [1.54, 1.807) is 6.07 Å². The Kier molecular flexibility index (Phi) is 3.59. The van der Waals surface area contributed by atoms with Crippen molar-refractivity contribution in [3.63, 3.8) is 0 Å². The summed E-state index contributed by atoms with van der Waals surface area (Å²) >= 11 is 3.35. The molecule has 3 rings (SSSR count). The molecule has 3 nitrogen and oxygen atoms in total. The molecule has 0 radical (unpaired) electrons. The molecule has 1 saturated carbocycles. The summed E-state index contributed by atoms with van der Waals surface area (Å²) in [5, 5.41) is 13.1. The van der Waals surface area contributed by atoms with Crippen LogP contribution in [-0.4, -0.2) is 35.2 Å². The first-order valence-corrected chi connectivity index (χ1v) is 7.46. The van der Waals surface area contributed by atoms with E-state index < -0.39 is 0 Å². The highest BCUT2D eigenvalue weighted by Gasteiger charge is 2.33. The van der Waals surface area contributed by atoms with Crippen molar-refractivity contribution in [2.75, 3.05) is 13.1 Å². The highest BCUT2D eigenvalue weighted by molar-refractivity contribution is 9.10. The smallest absolute Gasteiger partial charge is 0.129 e. The minimum Gasteiger partial charge on any atom is -0.507 e. The Labute approximate surface area is 116 Å². The normalized spacial score (nSPS) is 24.6. The van der Waals surface area contributed by atoms with Crippen LogP contribution < -0.4 is 5.32 Å². The van der Waals surface area contributed by atoms with Gasteiger partial charge in [0.2, 0.25) is 0 Å². The van der Waals surface area contributed by atoms with Gasteiger partial charge >= 0.3 is 0 Å². The molecule has 1 aromatic carbocycles. The molecule has 0 amide bonds. The van der Waals surface area contributed by atoms with E-state index in [1.807, 2.05) is 12.1 Å². The molecule has 2 aliphatic rings. The largest absolute Gasteiger partial charge is 0.507 e. The predicted molar refractivity (Wildman–Crippen MR) is 75.6 cm³/mol. The van der Waals surface area contributed by atoms with Crippen LogP contribution in [0.3, 0.4) is 0 Å². The second-order valence-corrected chi connectivity index (χ2v) is 6.23. The first kappa shape index (κ1) is 12.5. The van der Waals surface area contributed by atoms with E-state index >= 15 is 0 Å². The molecule has 1 unspecified atom stereocenters. The summed E-state index contributed by atoms with van der Waals surface area (Å²) in [6.07, 6.45) is 4.06. The number of phenols is 1. The third kappa shape index (κ3) is 2.87. The Hall–Kier alpha value is -0.580. The van der Waals surface area contributed by atoms with Crippen molar-refractivity contribution in [3.05, 3.63) is 28.2 Å². The van der Waals surface area contributed by atoms with Gasteiger partial charge in [-0.05, 0) is 52.9 Å². The number of hydrogen-bond acceptors (Lipinski definition) is 3. The first-order valence-electron chi connectivity index (χ1n) is 6.67. The van der Waals surface area contributed by atoms with E-state index in [0.717, 1.165) is 17.1 Å². The van der Waals surface area contributed by atoms with E-state index in [2.05, 4.69) is 26.1 Å². The third-order valence-corrected chi connectivity index (χ3v) is 4.53. The summed E-state index contributed by atoms with van der Waals surface area (Å²) < 4.78 is 0.771.